The van der Waals surface area contributed by atoms with Gasteiger partial charge < -0.3 is 5.73 Å². The van der Waals surface area contributed by atoms with Gasteiger partial charge in [-0.3, -0.25) is 0 Å². The minimum atomic E-state index is -0.154. The lowest BCUT2D eigenvalue weighted by Gasteiger charge is -2.07. The van der Waals surface area contributed by atoms with Crippen molar-refractivity contribution < 1.29 is 4.39 Å². The zero-order chi connectivity index (χ0) is 10.3. The number of rotatable bonds is 2. The minimum Gasteiger partial charge on any atom is -0.330 e. The quantitative estimate of drug-likeness (QED) is 0.804. The summed E-state index contributed by atoms with van der Waals surface area (Å²) < 4.78 is 13.7. The summed E-state index contributed by atoms with van der Waals surface area (Å²) in [6.45, 7) is 2.38. The first-order chi connectivity index (χ1) is 6.65. The molecule has 0 aliphatic heterocycles. The first-order valence-electron chi connectivity index (χ1n) is 4.79. The normalized spacial score (nSPS) is 25.1. The van der Waals surface area contributed by atoms with E-state index in [4.69, 9.17) is 17.3 Å². The maximum atomic E-state index is 13.7. The second-order valence-electron chi connectivity index (χ2n) is 3.93. The molecule has 1 nitrogen and oxygen atoms in total. The largest absolute Gasteiger partial charge is 0.330 e. The first kappa shape index (κ1) is 9.94. The molecule has 0 saturated heterocycles. The maximum Gasteiger partial charge on any atom is 0.131 e. The summed E-state index contributed by atoms with van der Waals surface area (Å²) in [6, 6.07) is 3.47. The van der Waals surface area contributed by atoms with Crippen LogP contribution in [0.3, 0.4) is 0 Å². The van der Waals surface area contributed by atoms with E-state index in [0.717, 1.165) is 6.42 Å². The van der Waals surface area contributed by atoms with E-state index in [1.165, 1.54) is 0 Å². The summed E-state index contributed by atoms with van der Waals surface area (Å²) in [6.07, 6.45) is 0.969. The van der Waals surface area contributed by atoms with Crippen LogP contribution in [0.4, 0.5) is 4.39 Å². The van der Waals surface area contributed by atoms with Crippen LogP contribution in [0.15, 0.2) is 12.1 Å². The SMILES string of the molecule is Cc1ccc(Cl)c(C2CC2CN)c1F. The fraction of sp³-hybridized carbons (Fsp3) is 0.455. The highest BCUT2D eigenvalue weighted by Crippen LogP contribution is 2.50. The van der Waals surface area contributed by atoms with Gasteiger partial charge in [0.15, 0.2) is 0 Å². The molecular formula is C11H13ClFN. The van der Waals surface area contributed by atoms with Crippen molar-refractivity contribution in [2.45, 2.75) is 19.3 Å². The number of hydrogen-bond donors (Lipinski definition) is 1. The van der Waals surface area contributed by atoms with Crippen molar-refractivity contribution in [2.24, 2.45) is 11.7 Å². The molecule has 0 heterocycles. The lowest BCUT2D eigenvalue weighted by atomic mass is 10.1. The van der Waals surface area contributed by atoms with Gasteiger partial charge in [0.2, 0.25) is 0 Å². The van der Waals surface area contributed by atoms with Gasteiger partial charge >= 0.3 is 0 Å². The molecule has 1 saturated carbocycles. The van der Waals surface area contributed by atoms with Crippen molar-refractivity contribution in [3.63, 3.8) is 0 Å². The molecule has 76 valence electrons. The average Bonchev–Trinajstić information content (AvgIpc) is 2.92. The molecule has 1 aromatic carbocycles. The van der Waals surface area contributed by atoms with Crippen molar-refractivity contribution in [3.8, 4) is 0 Å². The van der Waals surface area contributed by atoms with Crippen LogP contribution in [0.25, 0.3) is 0 Å². The van der Waals surface area contributed by atoms with E-state index in [2.05, 4.69) is 0 Å². The Hall–Kier alpha value is -0.600. The van der Waals surface area contributed by atoms with E-state index in [1.54, 1.807) is 19.1 Å². The zero-order valence-corrected chi connectivity index (χ0v) is 8.81. The highest BCUT2D eigenvalue weighted by Gasteiger charge is 2.40. The number of benzene rings is 1. The maximum absolute atomic E-state index is 13.7. The van der Waals surface area contributed by atoms with Crippen LogP contribution in [-0.2, 0) is 0 Å². The van der Waals surface area contributed by atoms with Crippen LogP contribution >= 0.6 is 11.6 Å². The Morgan fingerprint density at radius 2 is 2.29 bits per heavy atom. The number of aryl methyl sites for hydroxylation is 1. The van der Waals surface area contributed by atoms with Gasteiger partial charge in [-0.05, 0) is 43.4 Å². The standard InChI is InChI=1S/C11H13ClFN/c1-6-2-3-9(12)10(11(6)13)8-4-7(8)5-14/h2-3,7-8H,4-5,14H2,1H3. The van der Waals surface area contributed by atoms with E-state index in [1.807, 2.05) is 0 Å². The predicted molar refractivity (Wildman–Crippen MR) is 56.0 cm³/mol. The molecule has 14 heavy (non-hydrogen) atoms. The molecule has 0 spiro atoms. The Morgan fingerprint density at radius 3 is 2.86 bits per heavy atom. The summed E-state index contributed by atoms with van der Waals surface area (Å²) in [5, 5.41) is 0.536. The van der Waals surface area contributed by atoms with Crippen molar-refractivity contribution in [1.82, 2.24) is 0 Å². The smallest absolute Gasteiger partial charge is 0.131 e. The van der Waals surface area contributed by atoms with Crippen molar-refractivity contribution in [1.29, 1.82) is 0 Å². The van der Waals surface area contributed by atoms with Crippen molar-refractivity contribution >= 4 is 11.6 Å². The lowest BCUT2D eigenvalue weighted by Crippen LogP contribution is -2.03. The summed E-state index contributed by atoms with van der Waals surface area (Å²) in [5.74, 6) is 0.509. The molecule has 3 heteroatoms. The van der Waals surface area contributed by atoms with Gasteiger partial charge in [-0.25, -0.2) is 4.39 Å². The van der Waals surface area contributed by atoms with Crippen LogP contribution in [0.1, 0.15) is 23.5 Å². The molecule has 2 unspecified atom stereocenters. The van der Waals surface area contributed by atoms with E-state index in [-0.39, 0.29) is 11.7 Å². The molecular weight excluding hydrogens is 201 g/mol. The van der Waals surface area contributed by atoms with Gasteiger partial charge in [0.25, 0.3) is 0 Å². The highest BCUT2D eigenvalue weighted by atomic mass is 35.5. The van der Waals surface area contributed by atoms with Crippen LogP contribution in [0.5, 0.6) is 0 Å². The molecule has 0 aromatic heterocycles. The Morgan fingerprint density at radius 1 is 1.57 bits per heavy atom. The Labute approximate surface area is 88.1 Å². The fourth-order valence-electron chi connectivity index (χ4n) is 1.88. The van der Waals surface area contributed by atoms with E-state index in [9.17, 15) is 4.39 Å². The van der Waals surface area contributed by atoms with Crippen molar-refractivity contribution in [3.05, 3.63) is 34.1 Å². The summed E-state index contributed by atoms with van der Waals surface area (Å²) in [4.78, 5) is 0. The molecule has 0 radical (unpaired) electrons. The van der Waals surface area contributed by atoms with Gasteiger partial charge in [0.05, 0.1) is 0 Å². The van der Waals surface area contributed by atoms with E-state index < -0.39 is 0 Å². The molecule has 1 fully saturated rings. The molecule has 2 atom stereocenters. The number of nitrogens with two attached hydrogens (primary N) is 1. The van der Waals surface area contributed by atoms with E-state index >= 15 is 0 Å². The average molecular weight is 214 g/mol. The van der Waals surface area contributed by atoms with Gasteiger partial charge in [-0.1, -0.05) is 17.7 Å². The predicted octanol–water partition coefficient (Wildman–Crippen LogP) is 2.85. The monoisotopic (exact) mass is 213 g/mol. The minimum absolute atomic E-state index is 0.154. The Kier molecular flexibility index (Phi) is 2.50. The molecule has 1 aliphatic rings. The van der Waals surface area contributed by atoms with Gasteiger partial charge in [-0.2, -0.15) is 0 Å². The second-order valence-corrected chi connectivity index (χ2v) is 4.34. The van der Waals surface area contributed by atoms with Gasteiger partial charge in [-0.15, -0.1) is 0 Å². The van der Waals surface area contributed by atoms with Crippen LogP contribution in [0.2, 0.25) is 5.02 Å². The molecule has 1 aliphatic carbocycles. The summed E-state index contributed by atoms with van der Waals surface area (Å²) in [7, 11) is 0. The molecule has 2 N–H and O–H groups in total. The van der Waals surface area contributed by atoms with Crippen molar-refractivity contribution in [2.75, 3.05) is 6.54 Å². The van der Waals surface area contributed by atoms with Crippen LogP contribution in [-0.4, -0.2) is 6.54 Å². The Bertz CT molecular complexity index is 365. The summed E-state index contributed by atoms with van der Waals surface area (Å²) in [5.41, 5.74) is 6.86. The third-order valence-corrected chi connectivity index (χ3v) is 3.25. The molecule has 1 aromatic rings. The van der Waals surface area contributed by atoms with Crippen LogP contribution in [0, 0.1) is 18.7 Å². The van der Waals surface area contributed by atoms with Crippen LogP contribution < -0.4 is 5.73 Å². The molecule has 0 amide bonds. The third kappa shape index (κ3) is 1.53. The van der Waals surface area contributed by atoms with Gasteiger partial charge in [0, 0.05) is 10.6 Å². The molecule has 2 rings (SSSR count). The highest BCUT2D eigenvalue weighted by molar-refractivity contribution is 6.31. The second kappa shape index (κ2) is 3.52. The fourth-order valence-corrected chi connectivity index (χ4v) is 2.17. The van der Waals surface area contributed by atoms with Gasteiger partial charge in [0.1, 0.15) is 5.82 Å². The first-order valence-corrected chi connectivity index (χ1v) is 5.17. The Balaban J connectivity index is 2.38. The zero-order valence-electron chi connectivity index (χ0n) is 8.06. The number of hydrogen-bond acceptors (Lipinski definition) is 1. The topological polar surface area (TPSA) is 26.0 Å². The molecule has 0 bridgehead atoms. The van der Waals surface area contributed by atoms with E-state index in [0.29, 0.717) is 28.6 Å². The number of halogens is 2. The summed E-state index contributed by atoms with van der Waals surface area (Å²) >= 11 is 5.98. The third-order valence-electron chi connectivity index (χ3n) is 2.92. The lowest BCUT2D eigenvalue weighted by molar-refractivity contribution is 0.597.